The second-order valence-corrected chi connectivity index (χ2v) is 7.21. The number of aliphatic hydroxyl groups is 1. The number of aryl methyl sites for hydroxylation is 2. The van der Waals surface area contributed by atoms with Crippen molar-refractivity contribution in [3.05, 3.63) is 28.8 Å². The Hall–Kier alpha value is -1.10. The molecule has 0 saturated carbocycles. The zero-order valence-electron chi connectivity index (χ0n) is 15.9. The third-order valence-corrected chi connectivity index (χ3v) is 5.11. The summed E-state index contributed by atoms with van der Waals surface area (Å²) in [5.74, 6) is 0.860. The third-order valence-electron chi connectivity index (χ3n) is 5.11. The number of hydrogen-bond acceptors (Lipinski definition) is 4. The minimum absolute atomic E-state index is 0.257. The second-order valence-electron chi connectivity index (χ2n) is 7.21. The molecule has 1 aromatic rings. The molecule has 4 nitrogen and oxygen atoms in total. The van der Waals surface area contributed by atoms with Gasteiger partial charge in [0.2, 0.25) is 0 Å². The Balaban J connectivity index is 2.09. The van der Waals surface area contributed by atoms with Gasteiger partial charge in [0.15, 0.2) is 0 Å². The van der Waals surface area contributed by atoms with Crippen molar-refractivity contribution in [2.45, 2.75) is 59.1 Å². The lowest BCUT2D eigenvalue weighted by atomic mass is 10.0. The fourth-order valence-corrected chi connectivity index (χ4v) is 3.51. The Morgan fingerprint density at radius 2 is 1.96 bits per heavy atom. The smallest absolute Gasteiger partial charge is 0.134 e. The van der Waals surface area contributed by atoms with E-state index >= 15 is 0 Å². The number of nitrogens with zero attached hydrogens (tertiary/aromatic N) is 1. The highest BCUT2D eigenvalue weighted by Crippen LogP contribution is 2.25. The van der Waals surface area contributed by atoms with Crippen molar-refractivity contribution in [2.75, 3.05) is 32.9 Å². The van der Waals surface area contributed by atoms with Gasteiger partial charge in [-0.25, -0.2) is 0 Å². The van der Waals surface area contributed by atoms with Crippen molar-refractivity contribution in [3.63, 3.8) is 0 Å². The molecule has 1 fully saturated rings. The SMILES string of the molecule is CCC(CC)N1CCOCC(O)(COc2cc(C)cc(C)c2C)C1. The number of hydrogen-bond donors (Lipinski definition) is 1. The van der Waals surface area contributed by atoms with Gasteiger partial charge in [-0.3, -0.25) is 4.90 Å². The van der Waals surface area contributed by atoms with Crippen LogP contribution in [0, 0.1) is 20.8 Å². The van der Waals surface area contributed by atoms with E-state index in [4.69, 9.17) is 9.47 Å². The molecule has 0 aromatic heterocycles. The van der Waals surface area contributed by atoms with Crippen LogP contribution >= 0.6 is 0 Å². The maximum atomic E-state index is 11.1. The molecule has 0 radical (unpaired) electrons. The van der Waals surface area contributed by atoms with E-state index in [1.807, 2.05) is 6.07 Å². The van der Waals surface area contributed by atoms with Gasteiger partial charge in [-0.2, -0.15) is 0 Å². The summed E-state index contributed by atoms with van der Waals surface area (Å²) in [5, 5.41) is 11.1. The van der Waals surface area contributed by atoms with Crippen LogP contribution in [0.2, 0.25) is 0 Å². The predicted octanol–water partition coefficient (Wildman–Crippen LogP) is 3.24. The van der Waals surface area contributed by atoms with Gasteiger partial charge in [-0.15, -0.1) is 0 Å². The standard InChI is InChI=1S/C20H33NO3/c1-6-18(7-2)21-8-9-23-13-20(22,12-21)14-24-19-11-15(3)10-16(4)17(19)5/h10-11,18,22H,6-9,12-14H2,1-5H3. The Labute approximate surface area is 146 Å². The highest BCUT2D eigenvalue weighted by atomic mass is 16.5. The molecule has 136 valence electrons. The summed E-state index contributed by atoms with van der Waals surface area (Å²) in [6, 6.07) is 4.68. The van der Waals surface area contributed by atoms with Crippen LogP contribution < -0.4 is 4.74 Å². The molecule has 0 bridgehead atoms. The lowest BCUT2D eigenvalue weighted by Gasteiger charge is -2.35. The first-order valence-electron chi connectivity index (χ1n) is 9.13. The highest BCUT2D eigenvalue weighted by Gasteiger charge is 2.35. The van der Waals surface area contributed by atoms with E-state index < -0.39 is 5.60 Å². The number of β-amino-alcohol motifs (C(OH)–C–C–N with tert-alkyl or cyclic N) is 1. The van der Waals surface area contributed by atoms with Gasteiger partial charge in [0.25, 0.3) is 0 Å². The van der Waals surface area contributed by atoms with Crippen LogP contribution in [0.25, 0.3) is 0 Å². The monoisotopic (exact) mass is 335 g/mol. The molecule has 1 N–H and O–H groups in total. The van der Waals surface area contributed by atoms with Crippen molar-refractivity contribution in [2.24, 2.45) is 0 Å². The highest BCUT2D eigenvalue weighted by molar-refractivity contribution is 5.42. The van der Waals surface area contributed by atoms with Crippen molar-refractivity contribution in [1.82, 2.24) is 4.90 Å². The average molecular weight is 335 g/mol. The molecule has 24 heavy (non-hydrogen) atoms. The van der Waals surface area contributed by atoms with E-state index in [1.165, 1.54) is 11.1 Å². The molecule has 4 heteroatoms. The van der Waals surface area contributed by atoms with Gasteiger partial charge >= 0.3 is 0 Å². The third kappa shape index (κ3) is 4.71. The predicted molar refractivity (Wildman–Crippen MR) is 97.9 cm³/mol. The van der Waals surface area contributed by atoms with Crippen molar-refractivity contribution in [3.8, 4) is 5.75 Å². The van der Waals surface area contributed by atoms with Gasteiger partial charge in [-0.05, 0) is 56.4 Å². The number of ether oxygens (including phenoxy) is 2. The number of benzene rings is 1. The largest absolute Gasteiger partial charge is 0.490 e. The molecule has 1 heterocycles. The maximum absolute atomic E-state index is 11.1. The van der Waals surface area contributed by atoms with Crippen LogP contribution in [0.5, 0.6) is 5.75 Å². The Morgan fingerprint density at radius 1 is 1.25 bits per heavy atom. The first kappa shape index (κ1) is 19.2. The zero-order chi connectivity index (χ0) is 17.7. The average Bonchev–Trinajstić information content (AvgIpc) is 2.73. The Kier molecular flexibility index (Phi) is 6.67. The molecule has 2 rings (SSSR count). The molecule has 1 atom stereocenters. The summed E-state index contributed by atoms with van der Waals surface area (Å²) < 4.78 is 11.7. The maximum Gasteiger partial charge on any atom is 0.134 e. The Morgan fingerprint density at radius 3 is 2.62 bits per heavy atom. The number of rotatable bonds is 6. The van der Waals surface area contributed by atoms with Crippen LogP contribution in [-0.2, 0) is 4.74 Å². The lowest BCUT2D eigenvalue weighted by molar-refractivity contribution is -0.0674. The molecule has 1 aromatic carbocycles. The van der Waals surface area contributed by atoms with E-state index in [0.29, 0.717) is 25.8 Å². The van der Waals surface area contributed by atoms with E-state index in [2.05, 4.69) is 45.6 Å². The molecule has 0 aliphatic carbocycles. The van der Waals surface area contributed by atoms with E-state index in [1.54, 1.807) is 0 Å². The summed E-state index contributed by atoms with van der Waals surface area (Å²) >= 11 is 0. The summed E-state index contributed by atoms with van der Waals surface area (Å²) in [6.45, 7) is 13.4. The van der Waals surface area contributed by atoms with Crippen LogP contribution in [0.4, 0.5) is 0 Å². The van der Waals surface area contributed by atoms with Crippen molar-refractivity contribution >= 4 is 0 Å². The molecule has 1 unspecified atom stereocenters. The van der Waals surface area contributed by atoms with Crippen LogP contribution in [0.15, 0.2) is 12.1 Å². The van der Waals surface area contributed by atoms with E-state index in [9.17, 15) is 5.11 Å². The molecule has 1 aliphatic heterocycles. The molecule has 0 spiro atoms. The summed E-state index contributed by atoms with van der Waals surface area (Å²) in [4.78, 5) is 2.35. The zero-order valence-corrected chi connectivity index (χ0v) is 15.9. The van der Waals surface area contributed by atoms with Crippen LogP contribution in [0.3, 0.4) is 0 Å². The first-order chi connectivity index (χ1) is 11.4. The van der Waals surface area contributed by atoms with Gasteiger partial charge in [-0.1, -0.05) is 19.9 Å². The molecular formula is C20H33NO3. The lowest BCUT2D eigenvalue weighted by Crippen LogP contribution is -2.51. The minimum Gasteiger partial charge on any atom is -0.490 e. The van der Waals surface area contributed by atoms with Gasteiger partial charge in [0.1, 0.15) is 18.0 Å². The quantitative estimate of drug-likeness (QED) is 0.866. The topological polar surface area (TPSA) is 41.9 Å². The van der Waals surface area contributed by atoms with Crippen molar-refractivity contribution in [1.29, 1.82) is 0 Å². The van der Waals surface area contributed by atoms with E-state index in [0.717, 1.165) is 30.7 Å². The molecule has 1 saturated heterocycles. The van der Waals surface area contributed by atoms with Gasteiger partial charge in [0.05, 0.1) is 13.2 Å². The second kappa shape index (κ2) is 8.32. The molecule has 0 amide bonds. The molecular weight excluding hydrogens is 302 g/mol. The summed E-state index contributed by atoms with van der Waals surface area (Å²) in [5.41, 5.74) is 2.56. The van der Waals surface area contributed by atoms with Crippen molar-refractivity contribution < 1.29 is 14.6 Å². The summed E-state index contributed by atoms with van der Waals surface area (Å²) in [7, 11) is 0. The van der Waals surface area contributed by atoms with Gasteiger partial charge in [0, 0.05) is 19.1 Å². The molecule has 1 aliphatic rings. The van der Waals surface area contributed by atoms with E-state index in [-0.39, 0.29) is 6.61 Å². The normalized spacial score (nSPS) is 22.6. The van der Waals surface area contributed by atoms with Crippen LogP contribution in [0.1, 0.15) is 43.4 Å². The Bertz CT molecular complexity index is 542. The fourth-order valence-electron chi connectivity index (χ4n) is 3.51. The fraction of sp³-hybridized carbons (Fsp3) is 0.700. The first-order valence-corrected chi connectivity index (χ1v) is 9.13. The van der Waals surface area contributed by atoms with Crippen LogP contribution in [-0.4, -0.2) is 54.6 Å². The summed E-state index contributed by atoms with van der Waals surface area (Å²) in [6.07, 6.45) is 2.17. The minimum atomic E-state index is -0.969. The van der Waals surface area contributed by atoms with Gasteiger partial charge < -0.3 is 14.6 Å².